The summed E-state index contributed by atoms with van der Waals surface area (Å²) in [6.07, 6.45) is 1.58. The highest BCUT2D eigenvalue weighted by Crippen LogP contribution is 2.34. The van der Waals surface area contributed by atoms with Gasteiger partial charge in [-0.2, -0.15) is 0 Å². The Kier molecular flexibility index (Phi) is 4.24. The molecule has 1 heterocycles. The first-order chi connectivity index (χ1) is 9.63. The van der Waals surface area contributed by atoms with Crippen molar-refractivity contribution in [2.75, 3.05) is 17.2 Å². The number of furan rings is 1. The average Bonchev–Trinajstić information content (AvgIpc) is 2.92. The molecule has 6 heteroatoms. The Bertz CT molecular complexity index is 581. The van der Waals surface area contributed by atoms with Crippen LogP contribution in [0.4, 0.5) is 17.1 Å². The highest BCUT2D eigenvalue weighted by Gasteiger charge is 2.21. The minimum Gasteiger partial charge on any atom is -0.467 e. The van der Waals surface area contributed by atoms with E-state index in [1.165, 1.54) is 0 Å². The van der Waals surface area contributed by atoms with E-state index in [1.807, 2.05) is 19.9 Å². The molecule has 0 saturated carbocycles. The molecule has 1 aromatic heterocycles. The molecule has 0 saturated heterocycles. The molecule has 0 radical (unpaired) electrons. The van der Waals surface area contributed by atoms with E-state index in [9.17, 15) is 10.1 Å². The number of benzene rings is 1. The predicted octanol–water partition coefficient (Wildman–Crippen LogP) is 3.79. The van der Waals surface area contributed by atoms with E-state index in [-0.39, 0.29) is 16.7 Å². The summed E-state index contributed by atoms with van der Waals surface area (Å²) in [5.74, 6) is 0.730. The zero-order chi connectivity index (χ0) is 14.5. The van der Waals surface area contributed by atoms with Gasteiger partial charge >= 0.3 is 5.69 Å². The second kappa shape index (κ2) is 6.10. The highest BCUT2D eigenvalue weighted by atomic mass is 16.6. The molecule has 2 rings (SSSR count). The van der Waals surface area contributed by atoms with Crippen molar-refractivity contribution in [1.82, 2.24) is 0 Å². The summed E-state index contributed by atoms with van der Waals surface area (Å²) >= 11 is 0. The van der Waals surface area contributed by atoms with E-state index in [2.05, 4.69) is 10.6 Å². The van der Waals surface area contributed by atoms with Crippen LogP contribution < -0.4 is 10.6 Å². The largest absolute Gasteiger partial charge is 0.467 e. The van der Waals surface area contributed by atoms with E-state index in [1.54, 1.807) is 30.5 Å². The Morgan fingerprint density at radius 1 is 1.30 bits per heavy atom. The van der Waals surface area contributed by atoms with Gasteiger partial charge in [0.25, 0.3) is 0 Å². The maximum absolute atomic E-state index is 11.3. The number of nitro benzene ring substituents is 1. The molecule has 1 atom stereocenters. The van der Waals surface area contributed by atoms with Crippen LogP contribution in [-0.4, -0.2) is 11.5 Å². The van der Waals surface area contributed by atoms with E-state index in [4.69, 9.17) is 4.42 Å². The molecule has 106 valence electrons. The van der Waals surface area contributed by atoms with Crippen LogP contribution >= 0.6 is 0 Å². The fourth-order valence-corrected chi connectivity index (χ4v) is 2.03. The van der Waals surface area contributed by atoms with Crippen LogP contribution in [-0.2, 0) is 0 Å². The average molecular weight is 275 g/mol. The first-order valence-electron chi connectivity index (χ1n) is 6.44. The number of nitro groups is 1. The SMILES string of the molecule is CCNc1cccc(NC(C)c2ccco2)c1[N+](=O)[O-]. The Balaban J connectivity index is 2.31. The van der Waals surface area contributed by atoms with Crippen LogP contribution in [0.3, 0.4) is 0 Å². The quantitative estimate of drug-likeness (QED) is 0.619. The third-order valence-corrected chi connectivity index (χ3v) is 2.93. The lowest BCUT2D eigenvalue weighted by molar-refractivity contribution is -0.383. The molecule has 20 heavy (non-hydrogen) atoms. The molecular weight excluding hydrogens is 258 g/mol. The lowest BCUT2D eigenvalue weighted by atomic mass is 10.2. The molecule has 2 aromatic rings. The summed E-state index contributed by atoms with van der Waals surface area (Å²) in [7, 11) is 0. The monoisotopic (exact) mass is 275 g/mol. The van der Waals surface area contributed by atoms with Crippen molar-refractivity contribution >= 4 is 17.1 Å². The van der Waals surface area contributed by atoms with Crippen LogP contribution in [0.5, 0.6) is 0 Å². The van der Waals surface area contributed by atoms with Gasteiger partial charge in [0.05, 0.1) is 17.2 Å². The van der Waals surface area contributed by atoms with E-state index >= 15 is 0 Å². The number of anilines is 2. The number of nitrogens with one attached hydrogen (secondary N) is 2. The number of para-hydroxylation sites is 1. The van der Waals surface area contributed by atoms with Gasteiger partial charge in [-0.15, -0.1) is 0 Å². The second-order valence-corrected chi connectivity index (χ2v) is 4.37. The molecule has 0 bridgehead atoms. The maximum atomic E-state index is 11.3. The van der Waals surface area contributed by atoms with Gasteiger partial charge in [0.1, 0.15) is 17.1 Å². The zero-order valence-electron chi connectivity index (χ0n) is 11.4. The molecule has 6 nitrogen and oxygen atoms in total. The van der Waals surface area contributed by atoms with Crippen LogP contribution in [0.25, 0.3) is 0 Å². The van der Waals surface area contributed by atoms with Crippen LogP contribution in [0.1, 0.15) is 25.6 Å². The van der Waals surface area contributed by atoms with Crippen molar-refractivity contribution < 1.29 is 9.34 Å². The topological polar surface area (TPSA) is 80.3 Å². The number of hydrogen-bond donors (Lipinski definition) is 2. The first-order valence-corrected chi connectivity index (χ1v) is 6.44. The van der Waals surface area contributed by atoms with Crippen molar-refractivity contribution in [1.29, 1.82) is 0 Å². The van der Waals surface area contributed by atoms with Gasteiger partial charge in [0.2, 0.25) is 0 Å². The molecule has 0 fully saturated rings. The normalized spacial score (nSPS) is 11.9. The molecule has 0 aliphatic heterocycles. The van der Waals surface area contributed by atoms with Crippen LogP contribution in [0.15, 0.2) is 41.0 Å². The summed E-state index contributed by atoms with van der Waals surface area (Å²) in [5, 5.41) is 17.4. The standard InChI is InChI=1S/C14H17N3O3/c1-3-15-11-6-4-7-12(14(11)17(18)19)16-10(2)13-8-5-9-20-13/h4-10,15-16H,3H2,1-2H3. The highest BCUT2D eigenvalue weighted by molar-refractivity contribution is 5.76. The number of nitrogens with zero attached hydrogens (tertiary/aromatic N) is 1. The van der Waals surface area contributed by atoms with Crippen LogP contribution in [0, 0.1) is 10.1 Å². The van der Waals surface area contributed by atoms with E-state index in [0.717, 1.165) is 5.76 Å². The molecule has 0 amide bonds. The van der Waals surface area contributed by atoms with Gasteiger partial charge in [0.15, 0.2) is 0 Å². The third-order valence-electron chi connectivity index (χ3n) is 2.93. The van der Waals surface area contributed by atoms with Gasteiger partial charge in [-0.3, -0.25) is 10.1 Å². The van der Waals surface area contributed by atoms with E-state index < -0.39 is 0 Å². The lowest BCUT2D eigenvalue weighted by Gasteiger charge is -2.14. The number of rotatable bonds is 6. The Morgan fingerprint density at radius 3 is 2.65 bits per heavy atom. The summed E-state index contributed by atoms with van der Waals surface area (Å²) in [6, 6.07) is 8.64. The Morgan fingerprint density at radius 2 is 2.05 bits per heavy atom. The minimum absolute atomic E-state index is 0.0488. The molecule has 2 N–H and O–H groups in total. The minimum atomic E-state index is -0.380. The summed E-state index contributed by atoms with van der Waals surface area (Å²) < 4.78 is 5.30. The van der Waals surface area contributed by atoms with Gasteiger partial charge in [-0.05, 0) is 38.1 Å². The van der Waals surface area contributed by atoms with Crippen LogP contribution in [0.2, 0.25) is 0 Å². The first kappa shape index (κ1) is 13.9. The van der Waals surface area contributed by atoms with Gasteiger partial charge in [0, 0.05) is 6.54 Å². The van der Waals surface area contributed by atoms with Gasteiger partial charge in [-0.25, -0.2) is 0 Å². The molecule has 0 aliphatic carbocycles. The fourth-order valence-electron chi connectivity index (χ4n) is 2.03. The zero-order valence-corrected chi connectivity index (χ0v) is 11.4. The fraction of sp³-hybridized carbons (Fsp3) is 0.286. The van der Waals surface area contributed by atoms with Gasteiger partial charge in [-0.1, -0.05) is 6.07 Å². The summed E-state index contributed by atoms with van der Waals surface area (Å²) in [5.41, 5.74) is 1.03. The van der Waals surface area contributed by atoms with E-state index in [0.29, 0.717) is 17.9 Å². The molecule has 1 unspecified atom stereocenters. The lowest BCUT2D eigenvalue weighted by Crippen LogP contribution is -2.09. The van der Waals surface area contributed by atoms with Crippen molar-refractivity contribution in [2.24, 2.45) is 0 Å². The van der Waals surface area contributed by atoms with Gasteiger partial charge < -0.3 is 15.1 Å². The smallest absolute Gasteiger partial charge is 0.315 e. The predicted molar refractivity (Wildman–Crippen MR) is 78.0 cm³/mol. The molecule has 1 aromatic carbocycles. The molecule has 0 aliphatic rings. The van der Waals surface area contributed by atoms with Crippen molar-refractivity contribution in [3.05, 3.63) is 52.5 Å². The number of hydrogen-bond acceptors (Lipinski definition) is 5. The molecule has 0 spiro atoms. The van der Waals surface area contributed by atoms with Crippen molar-refractivity contribution in [2.45, 2.75) is 19.9 Å². The Hall–Kier alpha value is -2.50. The van der Waals surface area contributed by atoms with Crippen molar-refractivity contribution in [3.8, 4) is 0 Å². The second-order valence-electron chi connectivity index (χ2n) is 4.37. The molecular formula is C14H17N3O3. The summed E-state index contributed by atoms with van der Waals surface area (Å²) in [4.78, 5) is 10.9. The maximum Gasteiger partial charge on any atom is 0.315 e. The van der Waals surface area contributed by atoms with Crippen molar-refractivity contribution in [3.63, 3.8) is 0 Å². The third kappa shape index (κ3) is 2.90. The Labute approximate surface area is 116 Å². The summed E-state index contributed by atoms with van der Waals surface area (Å²) in [6.45, 7) is 4.41.